The van der Waals surface area contributed by atoms with Gasteiger partial charge < -0.3 is 0 Å². The summed E-state index contributed by atoms with van der Waals surface area (Å²) in [5.41, 5.74) is 5.64. The number of carbonyl (C=O) groups excluding carboxylic acids is 1. The molecule has 0 unspecified atom stereocenters. The van der Waals surface area contributed by atoms with Crippen LogP contribution in [0.3, 0.4) is 0 Å². The quantitative estimate of drug-likeness (QED) is 0.616. The number of rotatable bonds is 1. The Morgan fingerprint density at radius 3 is 2.81 bits per heavy atom. The van der Waals surface area contributed by atoms with Crippen molar-refractivity contribution in [3.63, 3.8) is 0 Å². The molecular formula is C14H9BrO. The highest BCUT2D eigenvalue weighted by atomic mass is 79.9. The van der Waals surface area contributed by atoms with Gasteiger partial charge in [0.15, 0.2) is 6.29 Å². The molecule has 2 heteroatoms. The van der Waals surface area contributed by atoms with Crippen molar-refractivity contribution in [3.8, 4) is 11.1 Å². The Labute approximate surface area is 102 Å². The fraction of sp³-hybridized carbons (Fsp3) is 0.0714. The number of carbonyl (C=O) groups is 1. The summed E-state index contributed by atoms with van der Waals surface area (Å²) < 4.78 is 1.09. The SMILES string of the molecule is O=Cc1cccc2c1-c1ccc(Br)cc1C2. The van der Waals surface area contributed by atoms with Gasteiger partial charge in [-0.15, -0.1) is 0 Å². The molecule has 2 aromatic carbocycles. The summed E-state index contributed by atoms with van der Waals surface area (Å²) in [5, 5.41) is 0. The third-order valence-electron chi connectivity index (χ3n) is 3.03. The molecule has 0 atom stereocenters. The van der Waals surface area contributed by atoms with E-state index in [1.807, 2.05) is 18.2 Å². The minimum absolute atomic E-state index is 0.790. The van der Waals surface area contributed by atoms with Crippen LogP contribution in [0.1, 0.15) is 21.5 Å². The molecular weight excluding hydrogens is 264 g/mol. The first kappa shape index (κ1) is 9.79. The largest absolute Gasteiger partial charge is 0.298 e. The van der Waals surface area contributed by atoms with Crippen molar-refractivity contribution >= 4 is 22.2 Å². The average Bonchev–Trinajstić information content (AvgIpc) is 2.65. The van der Waals surface area contributed by atoms with E-state index in [1.54, 1.807) is 0 Å². The molecule has 3 rings (SSSR count). The lowest BCUT2D eigenvalue weighted by Gasteiger charge is -2.03. The summed E-state index contributed by atoms with van der Waals surface area (Å²) in [6, 6.07) is 12.2. The minimum Gasteiger partial charge on any atom is -0.298 e. The van der Waals surface area contributed by atoms with Gasteiger partial charge in [0.25, 0.3) is 0 Å². The molecule has 2 aromatic rings. The smallest absolute Gasteiger partial charge is 0.150 e. The zero-order valence-corrected chi connectivity index (χ0v) is 10.1. The first-order valence-corrected chi connectivity index (χ1v) is 5.95. The van der Waals surface area contributed by atoms with Crippen LogP contribution in [-0.4, -0.2) is 6.29 Å². The minimum atomic E-state index is 0.790. The molecule has 0 N–H and O–H groups in total. The van der Waals surface area contributed by atoms with Crippen LogP contribution in [0.15, 0.2) is 40.9 Å². The van der Waals surface area contributed by atoms with E-state index in [-0.39, 0.29) is 0 Å². The molecule has 0 aromatic heterocycles. The van der Waals surface area contributed by atoms with Crippen molar-refractivity contribution in [1.82, 2.24) is 0 Å². The van der Waals surface area contributed by atoms with Crippen LogP contribution in [0.2, 0.25) is 0 Å². The average molecular weight is 273 g/mol. The highest BCUT2D eigenvalue weighted by molar-refractivity contribution is 9.10. The highest BCUT2D eigenvalue weighted by Crippen LogP contribution is 2.39. The van der Waals surface area contributed by atoms with E-state index in [4.69, 9.17) is 0 Å². The molecule has 0 saturated carbocycles. The van der Waals surface area contributed by atoms with Crippen LogP contribution >= 0.6 is 15.9 Å². The van der Waals surface area contributed by atoms with Crippen molar-refractivity contribution in [3.05, 3.63) is 57.6 Å². The molecule has 1 aliphatic rings. The Balaban J connectivity index is 2.31. The fourth-order valence-electron chi connectivity index (χ4n) is 2.35. The Morgan fingerprint density at radius 2 is 2.00 bits per heavy atom. The van der Waals surface area contributed by atoms with Crippen LogP contribution in [0.25, 0.3) is 11.1 Å². The van der Waals surface area contributed by atoms with Crippen molar-refractivity contribution in [2.75, 3.05) is 0 Å². The standard InChI is InChI=1S/C14H9BrO/c15-12-4-5-13-11(7-12)6-9-2-1-3-10(8-16)14(9)13/h1-5,7-8H,6H2. The summed E-state index contributed by atoms with van der Waals surface area (Å²) in [6.07, 6.45) is 1.86. The topological polar surface area (TPSA) is 17.1 Å². The van der Waals surface area contributed by atoms with E-state index >= 15 is 0 Å². The van der Waals surface area contributed by atoms with Crippen molar-refractivity contribution < 1.29 is 4.79 Å². The lowest BCUT2D eigenvalue weighted by Crippen LogP contribution is -1.87. The monoisotopic (exact) mass is 272 g/mol. The van der Waals surface area contributed by atoms with E-state index < -0.39 is 0 Å². The normalized spacial score (nSPS) is 12.1. The van der Waals surface area contributed by atoms with Crippen LogP contribution in [0.5, 0.6) is 0 Å². The molecule has 0 aliphatic heterocycles. The molecule has 0 saturated heterocycles. The number of fused-ring (bicyclic) bond motifs is 3. The predicted octanol–water partition coefficient (Wildman–Crippen LogP) is 3.83. The van der Waals surface area contributed by atoms with Crippen LogP contribution < -0.4 is 0 Å². The third-order valence-corrected chi connectivity index (χ3v) is 3.52. The summed E-state index contributed by atoms with van der Waals surface area (Å²) >= 11 is 3.48. The van der Waals surface area contributed by atoms with Gasteiger partial charge in [-0.25, -0.2) is 0 Å². The number of hydrogen-bond donors (Lipinski definition) is 0. The van der Waals surface area contributed by atoms with Gasteiger partial charge >= 0.3 is 0 Å². The first-order valence-electron chi connectivity index (χ1n) is 5.15. The van der Waals surface area contributed by atoms with E-state index in [0.29, 0.717) is 0 Å². The summed E-state index contributed by atoms with van der Waals surface area (Å²) in [6.45, 7) is 0. The van der Waals surface area contributed by atoms with E-state index in [2.05, 4.69) is 34.1 Å². The second-order valence-electron chi connectivity index (χ2n) is 3.98. The van der Waals surface area contributed by atoms with Crippen molar-refractivity contribution in [2.24, 2.45) is 0 Å². The molecule has 0 radical (unpaired) electrons. The van der Waals surface area contributed by atoms with Gasteiger partial charge in [0.2, 0.25) is 0 Å². The summed E-state index contributed by atoms with van der Waals surface area (Å²) in [7, 11) is 0. The van der Waals surface area contributed by atoms with Gasteiger partial charge in [0, 0.05) is 10.0 Å². The zero-order valence-electron chi connectivity index (χ0n) is 8.53. The second-order valence-corrected chi connectivity index (χ2v) is 4.89. The van der Waals surface area contributed by atoms with Crippen molar-refractivity contribution in [2.45, 2.75) is 6.42 Å². The number of aldehydes is 1. The van der Waals surface area contributed by atoms with Crippen LogP contribution in [0, 0.1) is 0 Å². The Morgan fingerprint density at radius 1 is 1.12 bits per heavy atom. The van der Waals surface area contributed by atoms with Gasteiger partial charge in [-0.2, -0.15) is 0 Å². The van der Waals surface area contributed by atoms with Crippen molar-refractivity contribution in [1.29, 1.82) is 0 Å². The number of halogens is 1. The maximum Gasteiger partial charge on any atom is 0.150 e. The Hall–Kier alpha value is -1.41. The van der Waals surface area contributed by atoms with Gasteiger partial charge in [-0.1, -0.05) is 40.2 Å². The molecule has 0 fully saturated rings. The van der Waals surface area contributed by atoms with E-state index in [1.165, 1.54) is 16.7 Å². The maximum atomic E-state index is 11.0. The second kappa shape index (κ2) is 3.56. The molecule has 16 heavy (non-hydrogen) atoms. The molecule has 1 aliphatic carbocycles. The Bertz CT molecular complexity index is 587. The molecule has 0 bridgehead atoms. The highest BCUT2D eigenvalue weighted by Gasteiger charge is 2.20. The van der Waals surface area contributed by atoms with E-state index in [9.17, 15) is 4.79 Å². The Kier molecular flexibility index (Phi) is 2.18. The first-order chi connectivity index (χ1) is 7.79. The van der Waals surface area contributed by atoms with Crippen LogP contribution in [-0.2, 0) is 6.42 Å². The van der Waals surface area contributed by atoms with E-state index in [0.717, 1.165) is 28.3 Å². The van der Waals surface area contributed by atoms with Gasteiger partial charge in [-0.05, 0) is 40.8 Å². The molecule has 78 valence electrons. The lowest BCUT2D eigenvalue weighted by atomic mass is 10.0. The zero-order chi connectivity index (χ0) is 11.1. The van der Waals surface area contributed by atoms with Gasteiger partial charge in [0.1, 0.15) is 0 Å². The van der Waals surface area contributed by atoms with Gasteiger partial charge in [-0.3, -0.25) is 4.79 Å². The summed E-state index contributed by atoms with van der Waals surface area (Å²) in [5.74, 6) is 0. The lowest BCUT2D eigenvalue weighted by molar-refractivity contribution is 0.112. The molecule has 0 amide bonds. The molecule has 0 heterocycles. The molecule has 0 spiro atoms. The maximum absolute atomic E-state index is 11.0. The third kappa shape index (κ3) is 1.34. The number of hydrogen-bond acceptors (Lipinski definition) is 1. The summed E-state index contributed by atoms with van der Waals surface area (Å²) in [4.78, 5) is 11.0. The number of benzene rings is 2. The van der Waals surface area contributed by atoms with Gasteiger partial charge in [0.05, 0.1) is 0 Å². The predicted molar refractivity (Wildman–Crippen MR) is 67.8 cm³/mol. The fourth-order valence-corrected chi connectivity index (χ4v) is 2.76. The van der Waals surface area contributed by atoms with Crippen LogP contribution in [0.4, 0.5) is 0 Å². The molecule has 1 nitrogen and oxygen atoms in total.